The van der Waals surface area contributed by atoms with Gasteiger partial charge in [0.25, 0.3) is 11.3 Å². The molecule has 4 rings (SSSR count). The van der Waals surface area contributed by atoms with Crippen LogP contribution in [0, 0.1) is 13.8 Å². The zero-order valence-corrected chi connectivity index (χ0v) is 12.2. The number of benzene rings is 1. The Bertz CT molecular complexity index is 1060. The summed E-state index contributed by atoms with van der Waals surface area (Å²) in [4.78, 5) is 21.0. The van der Waals surface area contributed by atoms with Gasteiger partial charge in [0.15, 0.2) is 0 Å². The number of aryl methyl sites for hydroxylation is 2. The van der Waals surface area contributed by atoms with Gasteiger partial charge in [-0.1, -0.05) is 6.07 Å². The number of aromatic nitrogens is 5. The van der Waals surface area contributed by atoms with Crippen molar-refractivity contribution in [2.24, 2.45) is 0 Å². The summed E-state index contributed by atoms with van der Waals surface area (Å²) >= 11 is 0. The number of hydrogen-bond donors (Lipinski definition) is 0. The first kappa shape index (κ1) is 12.7. The number of hydrogen-bond acceptors (Lipinski definition) is 4. The summed E-state index contributed by atoms with van der Waals surface area (Å²) in [6.45, 7) is 4.03. The summed E-state index contributed by atoms with van der Waals surface area (Å²) in [5.41, 5.74) is 3.67. The molecule has 3 aromatic heterocycles. The van der Waals surface area contributed by atoms with Crippen molar-refractivity contribution >= 4 is 16.7 Å². The maximum atomic E-state index is 12.8. The molecule has 4 aromatic rings. The molecule has 0 amide bonds. The van der Waals surface area contributed by atoms with Gasteiger partial charge in [-0.15, -0.1) is 0 Å². The maximum Gasteiger partial charge on any atom is 0.266 e. The molecule has 0 saturated carbocycles. The molecule has 1 aromatic carbocycles. The third-order valence-corrected chi connectivity index (χ3v) is 3.66. The monoisotopic (exact) mass is 291 g/mol. The smallest absolute Gasteiger partial charge is 0.266 e. The first-order valence-electron chi connectivity index (χ1n) is 6.92. The van der Waals surface area contributed by atoms with Gasteiger partial charge in [-0.2, -0.15) is 14.6 Å². The highest BCUT2D eigenvalue weighted by Crippen LogP contribution is 2.15. The molecule has 0 aliphatic heterocycles. The summed E-state index contributed by atoms with van der Waals surface area (Å²) in [6.07, 6.45) is 4.75. The fourth-order valence-corrected chi connectivity index (χ4v) is 2.76. The zero-order chi connectivity index (χ0) is 15.3. The van der Waals surface area contributed by atoms with E-state index in [-0.39, 0.29) is 5.56 Å². The van der Waals surface area contributed by atoms with E-state index >= 15 is 0 Å². The Kier molecular flexibility index (Phi) is 2.59. The molecule has 0 aliphatic carbocycles. The minimum absolute atomic E-state index is 0.118. The summed E-state index contributed by atoms with van der Waals surface area (Å²) in [5, 5.41) is 4.63. The first-order valence-corrected chi connectivity index (χ1v) is 6.92. The second-order valence-electron chi connectivity index (χ2n) is 5.37. The van der Waals surface area contributed by atoms with Crippen molar-refractivity contribution in [2.75, 3.05) is 0 Å². The molecule has 0 N–H and O–H groups in total. The van der Waals surface area contributed by atoms with Crippen LogP contribution in [0.2, 0.25) is 0 Å². The van der Waals surface area contributed by atoms with Crippen LogP contribution in [0.15, 0.2) is 47.8 Å². The van der Waals surface area contributed by atoms with Gasteiger partial charge in [0.05, 0.1) is 10.9 Å². The van der Waals surface area contributed by atoms with Crippen molar-refractivity contribution in [1.29, 1.82) is 0 Å². The quantitative estimate of drug-likeness (QED) is 0.538. The van der Waals surface area contributed by atoms with Crippen molar-refractivity contribution in [1.82, 2.24) is 24.1 Å². The molecule has 0 bridgehead atoms. The van der Waals surface area contributed by atoms with Crippen molar-refractivity contribution in [3.05, 3.63) is 64.5 Å². The molecule has 0 spiro atoms. The molecule has 22 heavy (non-hydrogen) atoms. The van der Waals surface area contributed by atoms with Crippen LogP contribution >= 0.6 is 0 Å². The van der Waals surface area contributed by atoms with Crippen molar-refractivity contribution in [2.45, 2.75) is 13.8 Å². The lowest BCUT2D eigenvalue weighted by Crippen LogP contribution is -2.19. The highest BCUT2D eigenvalue weighted by atomic mass is 16.1. The van der Waals surface area contributed by atoms with Gasteiger partial charge in [-0.25, -0.2) is 4.98 Å². The molecule has 0 radical (unpaired) electrons. The highest BCUT2D eigenvalue weighted by Gasteiger charge is 2.09. The summed E-state index contributed by atoms with van der Waals surface area (Å²) in [6, 6.07) is 7.91. The normalized spacial score (nSPS) is 11.4. The predicted octanol–water partition coefficient (Wildman–Crippen LogP) is 2.05. The molecule has 108 valence electrons. The molecule has 0 fully saturated rings. The fourth-order valence-electron chi connectivity index (χ4n) is 2.76. The van der Waals surface area contributed by atoms with Gasteiger partial charge in [0.1, 0.15) is 6.33 Å². The molecule has 0 unspecified atom stereocenters. The largest absolute Gasteiger partial charge is 0.284 e. The summed E-state index contributed by atoms with van der Waals surface area (Å²) < 4.78 is 3.20. The van der Waals surface area contributed by atoms with E-state index in [1.54, 1.807) is 21.5 Å². The molecule has 6 heteroatoms. The Hall–Kier alpha value is -3.02. The van der Waals surface area contributed by atoms with E-state index in [4.69, 9.17) is 0 Å². The van der Waals surface area contributed by atoms with E-state index in [2.05, 4.69) is 21.1 Å². The fraction of sp³-hybridized carbons (Fsp3) is 0.125. The Balaban J connectivity index is 2.06. The molecule has 3 heterocycles. The molecule has 0 atom stereocenters. The Morgan fingerprint density at radius 1 is 1.05 bits per heavy atom. The summed E-state index contributed by atoms with van der Waals surface area (Å²) in [7, 11) is 0. The molecule has 6 nitrogen and oxygen atoms in total. The van der Waals surface area contributed by atoms with Crippen LogP contribution in [-0.2, 0) is 0 Å². The number of pyridine rings is 1. The lowest BCUT2D eigenvalue weighted by atomic mass is 10.1. The van der Waals surface area contributed by atoms with Gasteiger partial charge < -0.3 is 0 Å². The Morgan fingerprint density at radius 2 is 1.82 bits per heavy atom. The predicted molar refractivity (Wildman–Crippen MR) is 83.4 cm³/mol. The highest BCUT2D eigenvalue weighted by molar-refractivity contribution is 5.78. The average Bonchev–Trinajstić information content (AvgIpc) is 2.95. The van der Waals surface area contributed by atoms with E-state index in [9.17, 15) is 4.79 Å². The molecular weight excluding hydrogens is 278 g/mol. The summed E-state index contributed by atoms with van der Waals surface area (Å²) in [5.74, 6) is 0.482. The van der Waals surface area contributed by atoms with E-state index in [0.29, 0.717) is 16.7 Å². The van der Waals surface area contributed by atoms with Crippen LogP contribution in [0.4, 0.5) is 0 Å². The van der Waals surface area contributed by atoms with Crippen LogP contribution < -0.4 is 5.56 Å². The standard InChI is InChI=1S/C16H13N5O/c1-10-5-11(2)7-12(6-10)20-4-3-14-13(15(20)22)8-17-16-18-9-19-21(14)16/h3-9H,1-2H3. The molecule has 0 saturated heterocycles. The first-order chi connectivity index (χ1) is 10.6. The van der Waals surface area contributed by atoms with Gasteiger partial charge in [0, 0.05) is 18.1 Å². The average molecular weight is 291 g/mol. The van der Waals surface area contributed by atoms with Crippen LogP contribution in [-0.4, -0.2) is 24.1 Å². The second-order valence-corrected chi connectivity index (χ2v) is 5.37. The lowest BCUT2D eigenvalue weighted by Gasteiger charge is -2.09. The topological polar surface area (TPSA) is 65.1 Å². The van der Waals surface area contributed by atoms with Crippen LogP contribution in [0.1, 0.15) is 11.1 Å². The molecule has 0 aliphatic rings. The van der Waals surface area contributed by atoms with Crippen LogP contribution in [0.25, 0.3) is 22.4 Å². The van der Waals surface area contributed by atoms with E-state index < -0.39 is 0 Å². The van der Waals surface area contributed by atoms with Crippen LogP contribution in [0.3, 0.4) is 0 Å². The maximum absolute atomic E-state index is 12.8. The Morgan fingerprint density at radius 3 is 2.59 bits per heavy atom. The van der Waals surface area contributed by atoms with Crippen molar-refractivity contribution in [3.63, 3.8) is 0 Å². The van der Waals surface area contributed by atoms with Gasteiger partial charge in [-0.05, 0) is 43.2 Å². The zero-order valence-electron chi connectivity index (χ0n) is 12.2. The number of nitrogens with zero attached hydrogens (tertiary/aromatic N) is 5. The minimum Gasteiger partial charge on any atom is -0.284 e. The van der Waals surface area contributed by atoms with Crippen molar-refractivity contribution in [3.8, 4) is 5.69 Å². The molecular formula is C16H13N5O. The second kappa shape index (κ2) is 4.49. The minimum atomic E-state index is -0.118. The SMILES string of the molecule is Cc1cc(C)cc(-n2ccc3c(cnc4ncnn43)c2=O)c1. The third-order valence-electron chi connectivity index (χ3n) is 3.66. The van der Waals surface area contributed by atoms with E-state index in [1.165, 1.54) is 6.33 Å². The third kappa shape index (κ3) is 1.81. The van der Waals surface area contributed by atoms with E-state index in [1.807, 2.05) is 32.0 Å². The van der Waals surface area contributed by atoms with Gasteiger partial charge in [-0.3, -0.25) is 9.36 Å². The lowest BCUT2D eigenvalue weighted by molar-refractivity contribution is 0.956. The number of fused-ring (bicyclic) bond motifs is 3. The number of rotatable bonds is 1. The van der Waals surface area contributed by atoms with Crippen LogP contribution in [0.5, 0.6) is 0 Å². The van der Waals surface area contributed by atoms with Gasteiger partial charge in [0.2, 0.25) is 0 Å². The van der Waals surface area contributed by atoms with E-state index in [0.717, 1.165) is 16.8 Å². The van der Waals surface area contributed by atoms with Crippen molar-refractivity contribution < 1.29 is 0 Å². The van der Waals surface area contributed by atoms with Gasteiger partial charge >= 0.3 is 0 Å². The Labute approximate surface area is 125 Å².